The van der Waals surface area contributed by atoms with Crippen LogP contribution in [-0.2, 0) is 0 Å². The Balaban J connectivity index is 1.74. The molecule has 2 nitrogen and oxygen atoms in total. The first-order chi connectivity index (χ1) is 6.34. The molecule has 13 heavy (non-hydrogen) atoms. The van der Waals surface area contributed by atoms with Crippen molar-refractivity contribution in [1.29, 1.82) is 0 Å². The summed E-state index contributed by atoms with van der Waals surface area (Å²) in [6.07, 6.45) is 6.44. The van der Waals surface area contributed by atoms with Crippen molar-refractivity contribution in [3.05, 3.63) is 24.5 Å². The number of rotatable bonds is 3. The van der Waals surface area contributed by atoms with Crippen molar-refractivity contribution in [3.63, 3.8) is 0 Å². The molecule has 1 aromatic rings. The molecule has 0 bridgehead atoms. The lowest BCUT2D eigenvalue weighted by Crippen LogP contribution is -2.27. The molecule has 0 atom stereocenters. The van der Waals surface area contributed by atoms with Gasteiger partial charge in [-0.15, -0.1) is 0 Å². The van der Waals surface area contributed by atoms with Crippen LogP contribution in [0.1, 0.15) is 19.8 Å². The predicted molar refractivity (Wildman–Crippen MR) is 54.6 cm³/mol. The minimum absolute atomic E-state index is 0.884. The fourth-order valence-corrected chi connectivity index (χ4v) is 1.97. The van der Waals surface area contributed by atoms with Crippen molar-refractivity contribution >= 4 is 5.69 Å². The molecule has 1 aliphatic carbocycles. The highest BCUT2D eigenvalue weighted by Crippen LogP contribution is 2.32. The van der Waals surface area contributed by atoms with E-state index in [4.69, 9.17) is 0 Å². The summed E-state index contributed by atoms with van der Waals surface area (Å²) >= 11 is 0. The highest BCUT2D eigenvalue weighted by molar-refractivity contribution is 5.39. The van der Waals surface area contributed by atoms with E-state index in [9.17, 15) is 0 Å². The van der Waals surface area contributed by atoms with Gasteiger partial charge in [0.2, 0.25) is 0 Å². The van der Waals surface area contributed by atoms with Crippen LogP contribution in [0, 0.1) is 11.8 Å². The summed E-state index contributed by atoms with van der Waals surface area (Å²) in [5, 5.41) is 3.40. The third kappa shape index (κ3) is 2.20. The van der Waals surface area contributed by atoms with Crippen LogP contribution in [0.15, 0.2) is 24.5 Å². The lowest BCUT2D eigenvalue weighted by atomic mass is 9.76. The maximum Gasteiger partial charge on any atom is 0.0526 e. The van der Waals surface area contributed by atoms with Gasteiger partial charge < -0.3 is 5.32 Å². The van der Waals surface area contributed by atoms with Crippen LogP contribution in [0.5, 0.6) is 0 Å². The van der Waals surface area contributed by atoms with Gasteiger partial charge in [0.05, 0.1) is 5.69 Å². The zero-order chi connectivity index (χ0) is 9.10. The Morgan fingerprint density at radius 2 is 2.38 bits per heavy atom. The Morgan fingerprint density at radius 1 is 1.54 bits per heavy atom. The molecule has 0 unspecified atom stereocenters. The van der Waals surface area contributed by atoms with Gasteiger partial charge >= 0.3 is 0 Å². The molecule has 0 amide bonds. The molecule has 0 radical (unpaired) electrons. The third-order valence-corrected chi connectivity index (χ3v) is 2.73. The molecule has 0 aliphatic heterocycles. The Bertz CT molecular complexity index is 252. The van der Waals surface area contributed by atoms with E-state index in [2.05, 4.69) is 23.3 Å². The first-order valence-electron chi connectivity index (χ1n) is 4.98. The Morgan fingerprint density at radius 3 is 3.00 bits per heavy atom. The highest BCUT2D eigenvalue weighted by Gasteiger charge is 2.24. The van der Waals surface area contributed by atoms with E-state index < -0.39 is 0 Å². The van der Waals surface area contributed by atoms with Crippen LogP contribution in [0.25, 0.3) is 0 Å². The van der Waals surface area contributed by atoms with E-state index in [1.54, 1.807) is 6.20 Å². The molecule has 2 heteroatoms. The number of nitrogens with zero attached hydrogens (tertiary/aromatic N) is 1. The summed E-state index contributed by atoms with van der Waals surface area (Å²) in [5.74, 6) is 1.83. The number of anilines is 1. The van der Waals surface area contributed by atoms with Crippen molar-refractivity contribution in [2.24, 2.45) is 11.8 Å². The summed E-state index contributed by atoms with van der Waals surface area (Å²) in [5.41, 5.74) is 1.14. The van der Waals surface area contributed by atoms with Crippen LogP contribution in [-0.4, -0.2) is 11.5 Å². The largest absolute Gasteiger partial charge is 0.384 e. The Hall–Kier alpha value is -1.05. The number of nitrogens with one attached hydrogen (secondary N) is 1. The summed E-state index contributed by atoms with van der Waals surface area (Å²) in [4.78, 5) is 4.06. The highest BCUT2D eigenvalue weighted by atomic mass is 14.9. The van der Waals surface area contributed by atoms with Gasteiger partial charge in [0.25, 0.3) is 0 Å². The molecule has 2 rings (SSSR count). The second-order valence-electron chi connectivity index (χ2n) is 4.07. The van der Waals surface area contributed by atoms with E-state index >= 15 is 0 Å². The molecule has 0 saturated heterocycles. The standard InChI is InChI=1S/C11H16N2/c1-9-5-10(6-9)7-13-11-3-2-4-12-8-11/h2-4,8-10,13H,5-7H2,1H3. The van der Waals surface area contributed by atoms with Gasteiger partial charge in [-0.2, -0.15) is 0 Å². The molecule has 1 N–H and O–H groups in total. The monoisotopic (exact) mass is 176 g/mol. The van der Waals surface area contributed by atoms with Gasteiger partial charge in [0.15, 0.2) is 0 Å². The maximum atomic E-state index is 4.06. The molecule has 1 fully saturated rings. The molecular formula is C11H16N2. The minimum atomic E-state index is 0.884. The van der Waals surface area contributed by atoms with Crippen molar-refractivity contribution in [1.82, 2.24) is 4.98 Å². The van der Waals surface area contributed by atoms with Crippen molar-refractivity contribution in [2.45, 2.75) is 19.8 Å². The van der Waals surface area contributed by atoms with E-state index in [-0.39, 0.29) is 0 Å². The third-order valence-electron chi connectivity index (χ3n) is 2.73. The van der Waals surface area contributed by atoms with E-state index in [1.165, 1.54) is 12.8 Å². The van der Waals surface area contributed by atoms with E-state index in [1.807, 2.05) is 12.3 Å². The van der Waals surface area contributed by atoms with Gasteiger partial charge in [0, 0.05) is 18.9 Å². The quantitative estimate of drug-likeness (QED) is 0.765. The number of aromatic nitrogens is 1. The Kier molecular flexibility index (Phi) is 2.48. The van der Waals surface area contributed by atoms with E-state index in [0.717, 1.165) is 24.1 Å². The average Bonchev–Trinajstić information content (AvgIpc) is 2.12. The Labute approximate surface area is 79.4 Å². The second kappa shape index (κ2) is 3.77. The minimum Gasteiger partial charge on any atom is -0.384 e. The van der Waals surface area contributed by atoms with E-state index in [0.29, 0.717) is 0 Å². The van der Waals surface area contributed by atoms with Gasteiger partial charge in [-0.25, -0.2) is 0 Å². The molecule has 0 aromatic carbocycles. The van der Waals surface area contributed by atoms with Crippen LogP contribution in [0.2, 0.25) is 0 Å². The summed E-state index contributed by atoms with van der Waals surface area (Å²) in [7, 11) is 0. The summed E-state index contributed by atoms with van der Waals surface area (Å²) in [6.45, 7) is 3.43. The zero-order valence-electron chi connectivity index (χ0n) is 8.03. The van der Waals surface area contributed by atoms with Gasteiger partial charge in [-0.3, -0.25) is 4.98 Å². The smallest absolute Gasteiger partial charge is 0.0526 e. The topological polar surface area (TPSA) is 24.9 Å². The molecule has 1 aliphatic rings. The summed E-state index contributed by atoms with van der Waals surface area (Å²) in [6, 6.07) is 4.03. The van der Waals surface area contributed by atoms with Crippen molar-refractivity contribution in [3.8, 4) is 0 Å². The molecule has 0 spiro atoms. The van der Waals surface area contributed by atoms with Gasteiger partial charge in [-0.1, -0.05) is 6.92 Å². The molecule has 70 valence electrons. The lowest BCUT2D eigenvalue weighted by molar-refractivity contribution is 0.225. The SMILES string of the molecule is CC1CC(CNc2cccnc2)C1. The van der Waals surface area contributed by atoms with Crippen molar-refractivity contribution < 1.29 is 0 Å². The maximum absolute atomic E-state index is 4.06. The molecule has 1 heterocycles. The second-order valence-corrected chi connectivity index (χ2v) is 4.07. The summed E-state index contributed by atoms with van der Waals surface area (Å²) < 4.78 is 0. The molecular weight excluding hydrogens is 160 g/mol. The van der Waals surface area contributed by atoms with Crippen LogP contribution in [0.4, 0.5) is 5.69 Å². The van der Waals surface area contributed by atoms with Crippen LogP contribution >= 0.6 is 0 Å². The first-order valence-corrected chi connectivity index (χ1v) is 4.98. The lowest BCUT2D eigenvalue weighted by Gasteiger charge is -2.32. The van der Waals surface area contributed by atoms with Gasteiger partial charge in [0.1, 0.15) is 0 Å². The fraction of sp³-hybridized carbons (Fsp3) is 0.545. The van der Waals surface area contributed by atoms with Crippen molar-refractivity contribution in [2.75, 3.05) is 11.9 Å². The normalized spacial score (nSPS) is 26.5. The number of hydrogen-bond donors (Lipinski definition) is 1. The van der Waals surface area contributed by atoms with Gasteiger partial charge in [-0.05, 0) is 36.8 Å². The average molecular weight is 176 g/mol. The fourth-order valence-electron chi connectivity index (χ4n) is 1.97. The van der Waals surface area contributed by atoms with Crippen LogP contribution < -0.4 is 5.32 Å². The first kappa shape index (κ1) is 8.54. The van der Waals surface area contributed by atoms with Crippen LogP contribution in [0.3, 0.4) is 0 Å². The predicted octanol–water partition coefficient (Wildman–Crippen LogP) is 2.54. The molecule has 1 saturated carbocycles. The molecule has 1 aromatic heterocycles. The zero-order valence-corrected chi connectivity index (χ0v) is 8.03. The number of hydrogen-bond acceptors (Lipinski definition) is 2. The number of pyridine rings is 1.